The summed E-state index contributed by atoms with van der Waals surface area (Å²) in [4.78, 5) is 17.1. The summed E-state index contributed by atoms with van der Waals surface area (Å²) in [5.74, 6) is 1.63. The lowest BCUT2D eigenvalue weighted by atomic mass is 9.87. The van der Waals surface area contributed by atoms with Crippen molar-refractivity contribution in [3.05, 3.63) is 29.6 Å². The smallest absolute Gasteiger partial charge is 0.253 e. The Kier molecular flexibility index (Phi) is 3.37. The number of aromatic nitrogens is 2. The Balaban J connectivity index is 1.77. The van der Waals surface area contributed by atoms with E-state index in [1.165, 1.54) is 0 Å². The molecule has 1 aliphatic heterocycles. The second-order valence-electron chi connectivity index (χ2n) is 6.26. The zero-order valence-corrected chi connectivity index (χ0v) is 12.8. The molecule has 5 heteroatoms. The van der Waals surface area contributed by atoms with E-state index in [0.29, 0.717) is 18.6 Å². The van der Waals surface area contributed by atoms with E-state index >= 15 is 0 Å². The number of amides is 1. The molecular formula is C17H21N3O2. The number of nitrogens with one attached hydrogen (secondary N) is 1. The van der Waals surface area contributed by atoms with Gasteiger partial charge in [-0.05, 0) is 37.8 Å². The SMILES string of the molecule is COC1CCC(c2nc3cccc4c3n2CCNC4=O)CC1. The van der Waals surface area contributed by atoms with E-state index in [-0.39, 0.29) is 5.91 Å². The first-order valence-corrected chi connectivity index (χ1v) is 8.08. The van der Waals surface area contributed by atoms with Gasteiger partial charge in [0.15, 0.2) is 0 Å². The Labute approximate surface area is 129 Å². The predicted octanol–water partition coefficient (Wildman–Crippen LogP) is 2.45. The van der Waals surface area contributed by atoms with Gasteiger partial charge in [0.05, 0.1) is 22.7 Å². The van der Waals surface area contributed by atoms with Crippen LogP contribution in [0.2, 0.25) is 0 Å². The molecule has 0 unspecified atom stereocenters. The number of ether oxygens (including phenoxy) is 1. The summed E-state index contributed by atoms with van der Waals surface area (Å²) in [6.07, 6.45) is 4.79. The Hall–Kier alpha value is -1.88. The summed E-state index contributed by atoms with van der Waals surface area (Å²) in [6.45, 7) is 1.47. The maximum atomic E-state index is 12.2. The monoisotopic (exact) mass is 299 g/mol. The van der Waals surface area contributed by atoms with Gasteiger partial charge in [-0.1, -0.05) is 6.07 Å². The molecule has 1 N–H and O–H groups in total. The molecule has 0 spiro atoms. The van der Waals surface area contributed by atoms with Crippen LogP contribution in [0.15, 0.2) is 18.2 Å². The first-order valence-electron chi connectivity index (χ1n) is 8.08. The summed E-state index contributed by atoms with van der Waals surface area (Å²) in [5, 5.41) is 2.98. The molecule has 1 aromatic heterocycles. The highest BCUT2D eigenvalue weighted by atomic mass is 16.5. The molecule has 1 amide bonds. The summed E-state index contributed by atoms with van der Waals surface area (Å²) >= 11 is 0. The van der Waals surface area contributed by atoms with Gasteiger partial charge in [-0.3, -0.25) is 4.79 Å². The molecule has 0 bridgehead atoms. The molecule has 4 rings (SSSR count). The Morgan fingerprint density at radius 1 is 1.27 bits per heavy atom. The predicted molar refractivity (Wildman–Crippen MR) is 84.1 cm³/mol. The number of methoxy groups -OCH3 is 1. The van der Waals surface area contributed by atoms with E-state index in [1.807, 2.05) is 18.2 Å². The van der Waals surface area contributed by atoms with Crippen LogP contribution < -0.4 is 5.32 Å². The second kappa shape index (κ2) is 5.39. The number of carbonyl (C=O) groups excluding carboxylic acids is 1. The van der Waals surface area contributed by atoms with Gasteiger partial charge < -0.3 is 14.6 Å². The van der Waals surface area contributed by atoms with Crippen LogP contribution in [0.5, 0.6) is 0 Å². The lowest BCUT2D eigenvalue weighted by molar-refractivity contribution is 0.0648. The van der Waals surface area contributed by atoms with Gasteiger partial charge in [0.2, 0.25) is 0 Å². The first kappa shape index (κ1) is 13.8. The van der Waals surface area contributed by atoms with Crippen molar-refractivity contribution in [3.8, 4) is 0 Å². The molecule has 2 aliphatic rings. The van der Waals surface area contributed by atoms with Crippen molar-refractivity contribution < 1.29 is 9.53 Å². The van der Waals surface area contributed by atoms with Crippen molar-refractivity contribution in [1.29, 1.82) is 0 Å². The molecule has 22 heavy (non-hydrogen) atoms. The minimum absolute atomic E-state index is 0.0129. The maximum absolute atomic E-state index is 12.2. The highest BCUT2D eigenvalue weighted by molar-refractivity contribution is 6.05. The minimum atomic E-state index is 0.0129. The number of nitrogens with zero attached hydrogens (tertiary/aromatic N) is 2. The van der Waals surface area contributed by atoms with Crippen LogP contribution in [0.4, 0.5) is 0 Å². The molecule has 2 aromatic rings. The fourth-order valence-corrected chi connectivity index (χ4v) is 3.86. The molecule has 2 heterocycles. The van der Waals surface area contributed by atoms with E-state index in [2.05, 4.69) is 9.88 Å². The van der Waals surface area contributed by atoms with Crippen molar-refractivity contribution in [1.82, 2.24) is 14.9 Å². The van der Waals surface area contributed by atoms with Crippen molar-refractivity contribution in [3.63, 3.8) is 0 Å². The third-order valence-electron chi connectivity index (χ3n) is 5.03. The van der Waals surface area contributed by atoms with E-state index in [0.717, 1.165) is 54.6 Å². The standard InChI is InChI=1S/C17H21N3O2/c1-22-12-7-5-11(6-8-12)16-19-14-4-2-3-13-15(14)20(16)10-9-18-17(13)21/h2-4,11-12H,5-10H2,1H3,(H,18,21). The van der Waals surface area contributed by atoms with Crippen LogP contribution in [0.25, 0.3) is 11.0 Å². The number of hydrogen-bond acceptors (Lipinski definition) is 3. The van der Waals surface area contributed by atoms with Crippen LogP contribution in [-0.2, 0) is 11.3 Å². The van der Waals surface area contributed by atoms with Crippen molar-refractivity contribution in [2.75, 3.05) is 13.7 Å². The first-order chi connectivity index (χ1) is 10.8. The minimum Gasteiger partial charge on any atom is -0.381 e. The number of benzene rings is 1. The fraction of sp³-hybridized carbons (Fsp3) is 0.529. The zero-order chi connectivity index (χ0) is 15.1. The molecule has 0 atom stereocenters. The van der Waals surface area contributed by atoms with Crippen molar-refractivity contribution in [2.45, 2.75) is 44.2 Å². The van der Waals surface area contributed by atoms with Gasteiger partial charge in [0, 0.05) is 26.1 Å². The van der Waals surface area contributed by atoms with E-state index < -0.39 is 0 Å². The number of carbonyl (C=O) groups is 1. The highest BCUT2D eigenvalue weighted by Gasteiger charge is 2.28. The summed E-state index contributed by atoms with van der Waals surface area (Å²) in [7, 11) is 1.80. The zero-order valence-electron chi connectivity index (χ0n) is 12.8. The lowest BCUT2D eigenvalue weighted by Gasteiger charge is -2.27. The van der Waals surface area contributed by atoms with Gasteiger partial charge >= 0.3 is 0 Å². The summed E-state index contributed by atoms with van der Waals surface area (Å²) < 4.78 is 7.74. The molecule has 116 valence electrons. The van der Waals surface area contributed by atoms with Crippen LogP contribution in [0.1, 0.15) is 47.8 Å². The van der Waals surface area contributed by atoms with Gasteiger partial charge in [0.1, 0.15) is 5.82 Å². The average molecular weight is 299 g/mol. The number of para-hydroxylation sites is 1. The Bertz CT molecular complexity index is 714. The summed E-state index contributed by atoms with van der Waals surface area (Å²) in [5.41, 5.74) is 2.69. The van der Waals surface area contributed by atoms with E-state index in [9.17, 15) is 4.79 Å². The molecule has 1 aliphatic carbocycles. The molecule has 5 nitrogen and oxygen atoms in total. The Morgan fingerprint density at radius 2 is 2.09 bits per heavy atom. The lowest BCUT2D eigenvalue weighted by Crippen LogP contribution is -2.25. The van der Waals surface area contributed by atoms with Gasteiger partial charge in [-0.15, -0.1) is 0 Å². The quantitative estimate of drug-likeness (QED) is 0.926. The normalized spacial score (nSPS) is 25.0. The largest absolute Gasteiger partial charge is 0.381 e. The van der Waals surface area contributed by atoms with E-state index in [4.69, 9.17) is 9.72 Å². The topological polar surface area (TPSA) is 56.1 Å². The number of hydrogen-bond donors (Lipinski definition) is 1. The van der Waals surface area contributed by atoms with E-state index in [1.54, 1.807) is 7.11 Å². The maximum Gasteiger partial charge on any atom is 0.253 e. The van der Waals surface area contributed by atoms with Crippen LogP contribution in [0.3, 0.4) is 0 Å². The van der Waals surface area contributed by atoms with Gasteiger partial charge in [-0.2, -0.15) is 0 Å². The molecule has 1 fully saturated rings. The molecule has 0 radical (unpaired) electrons. The average Bonchev–Trinajstić information content (AvgIpc) is 2.84. The number of imidazole rings is 1. The molecule has 1 aromatic carbocycles. The van der Waals surface area contributed by atoms with Gasteiger partial charge in [0.25, 0.3) is 5.91 Å². The van der Waals surface area contributed by atoms with Crippen LogP contribution in [-0.4, -0.2) is 35.2 Å². The van der Waals surface area contributed by atoms with Crippen molar-refractivity contribution in [2.24, 2.45) is 0 Å². The van der Waals surface area contributed by atoms with Gasteiger partial charge in [-0.25, -0.2) is 4.98 Å². The molecular weight excluding hydrogens is 278 g/mol. The number of rotatable bonds is 2. The van der Waals surface area contributed by atoms with Crippen molar-refractivity contribution >= 4 is 16.9 Å². The molecule has 0 saturated heterocycles. The third kappa shape index (κ3) is 2.11. The summed E-state index contributed by atoms with van der Waals surface area (Å²) in [6, 6.07) is 5.83. The van der Waals surface area contributed by atoms with Crippen LogP contribution in [0, 0.1) is 0 Å². The second-order valence-corrected chi connectivity index (χ2v) is 6.26. The fourth-order valence-electron chi connectivity index (χ4n) is 3.86. The Morgan fingerprint density at radius 3 is 2.86 bits per heavy atom. The highest BCUT2D eigenvalue weighted by Crippen LogP contribution is 2.35. The van der Waals surface area contributed by atoms with Crippen LogP contribution >= 0.6 is 0 Å². The third-order valence-corrected chi connectivity index (χ3v) is 5.03. The molecule has 1 saturated carbocycles.